The molecule has 0 aromatic heterocycles. The van der Waals surface area contributed by atoms with Crippen molar-refractivity contribution in [3.63, 3.8) is 0 Å². The summed E-state index contributed by atoms with van der Waals surface area (Å²) >= 11 is 0. The van der Waals surface area contributed by atoms with Crippen LogP contribution < -0.4 is 10.6 Å². The molecule has 2 aromatic carbocycles. The van der Waals surface area contributed by atoms with Crippen LogP contribution in [0.15, 0.2) is 54.6 Å². The maximum atomic E-state index is 13.1. The van der Waals surface area contributed by atoms with Gasteiger partial charge < -0.3 is 15.5 Å². The highest BCUT2D eigenvalue weighted by Crippen LogP contribution is 2.33. The van der Waals surface area contributed by atoms with Gasteiger partial charge in [-0.15, -0.1) is 0 Å². The van der Waals surface area contributed by atoms with E-state index in [9.17, 15) is 14.4 Å². The Labute approximate surface area is 195 Å². The molecule has 1 unspecified atom stereocenters. The summed E-state index contributed by atoms with van der Waals surface area (Å²) in [5.74, 6) is 0.0384. The fourth-order valence-corrected chi connectivity index (χ4v) is 4.93. The van der Waals surface area contributed by atoms with E-state index in [1.165, 1.54) is 12.0 Å². The van der Waals surface area contributed by atoms with Gasteiger partial charge in [-0.2, -0.15) is 0 Å². The van der Waals surface area contributed by atoms with Gasteiger partial charge in [0.25, 0.3) is 5.91 Å². The van der Waals surface area contributed by atoms with Gasteiger partial charge in [-0.05, 0) is 55.5 Å². The van der Waals surface area contributed by atoms with Crippen molar-refractivity contribution in [2.24, 2.45) is 5.92 Å². The number of amides is 3. The molecule has 0 radical (unpaired) electrons. The Morgan fingerprint density at radius 1 is 0.848 bits per heavy atom. The van der Waals surface area contributed by atoms with Gasteiger partial charge in [-0.25, -0.2) is 0 Å². The van der Waals surface area contributed by atoms with E-state index >= 15 is 0 Å². The molecule has 33 heavy (non-hydrogen) atoms. The van der Waals surface area contributed by atoms with E-state index in [4.69, 9.17) is 0 Å². The number of likely N-dealkylation sites (tertiary alicyclic amines) is 1. The molecule has 3 amide bonds. The highest BCUT2D eigenvalue weighted by atomic mass is 16.2. The van der Waals surface area contributed by atoms with E-state index in [0.29, 0.717) is 17.8 Å². The molecule has 1 saturated heterocycles. The zero-order valence-electron chi connectivity index (χ0n) is 19.1. The van der Waals surface area contributed by atoms with Crippen LogP contribution in [0.3, 0.4) is 0 Å². The number of hydrogen-bond donors (Lipinski definition) is 2. The molecule has 2 aromatic rings. The minimum absolute atomic E-state index is 0.0182. The van der Waals surface area contributed by atoms with Gasteiger partial charge in [0.2, 0.25) is 11.8 Å². The summed E-state index contributed by atoms with van der Waals surface area (Å²) in [6.07, 6.45) is 7.54. The largest absolute Gasteiger partial charge is 0.355 e. The molecule has 0 bridgehead atoms. The highest BCUT2D eigenvalue weighted by Gasteiger charge is 2.30. The fraction of sp³-hybridized carbons (Fsp3) is 0.444. The molecule has 6 nitrogen and oxygen atoms in total. The van der Waals surface area contributed by atoms with Crippen molar-refractivity contribution < 1.29 is 14.4 Å². The first-order valence-electron chi connectivity index (χ1n) is 12.2. The minimum atomic E-state index is -0.151. The van der Waals surface area contributed by atoms with Gasteiger partial charge in [0.05, 0.1) is 6.04 Å². The lowest BCUT2D eigenvalue weighted by Crippen LogP contribution is -2.34. The normalized spacial score (nSPS) is 18.7. The molecule has 1 saturated carbocycles. The van der Waals surface area contributed by atoms with Crippen LogP contribution in [-0.2, 0) is 9.59 Å². The van der Waals surface area contributed by atoms with Gasteiger partial charge in [0.1, 0.15) is 0 Å². The molecule has 6 heteroatoms. The lowest BCUT2D eigenvalue weighted by atomic mass is 9.89. The van der Waals surface area contributed by atoms with Gasteiger partial charge in [-0.3, -0.25) is 14.4 Å². The van der Waals surface area contributed by atoms with E-state index in [1.807, 2.05) is 23.1 Å². The Morgan fingerprint density at radius 2 is 1.58 bits per heavy atom. The number of carbonyl (C=O) groups is 3. The lowest BCUT2D eigenvalue weighted by molar-refractivity contribution is -0.126. The molecular weight excluding hydrogens is 414 g/mol. The van der Waals surface area contributed by atoms with E-state index < -0.39 is 0 Å². The number of rotatable bonds is 7. The van der Waals surface area contributed by atoms with Crippen molar-refractivity contribution in [2.75, 3.05) is 18.4 Å². The van der Waals surface area contributed by atoms with Crippen LogP contribution in [0.2, 0.25) is 0 Å². The third-order valence-electron chi connectivity index (χ3n) is 6.74. The molecule has 4 rings (SSSR count). The Kier molecular flexibility index (Phi) is 7.76. The predicted octanol–water partition coefficient (Wildman–Crippen LogP) is 4.69. The van der Waals surface area contributed by atoms with E-state index in [-0.39, 0.29) is 36.1 Å². The highest BCUT2D eigenvalue weighted by molar-refractivity contribution is 5.96. The molecule has 1 heterocycles. The molecule has 1 aliphatic carbocycles. The third-order valence-corrected chi connectivity index (χ3v) is 6.74. The number of nitrogens with zero attached hydrogens (tertiary/aromatic N) is 1. The van der Waals surface area contributed by atoms with E-state index in [0.717, 1.165) is 45.1 Å². The lowest BCUT2D eigenvalue weighted by Gasteiger charge is -2.25. The second-order valence-corrected chi connectivity index (χ2v) is 9.07. The van der Waals surface area contributed by atoms with Crippen LogP contribution in [0.4, 0.5) is 5.69 Å². The molecule has 2 fully saturated rings. The summed E-state index contributed by atoms with van der Waals surface area (Å²) in [6, 6.07) is 17.3. The first-order chi connectivity index (χ1) is 16.1. The molecule has 1 atom stereocenters. The van der Waals surface area contributed by atoms with Crippen molar-refractivity contribution in [2.45, 2.75) is 57.4 Å². The van der Waals surface area contributed by atoms with Crippen molar-refractivity contribution in [3.05, 3.63) is 65.7 Å². The minimum Gasteiger partial charge on any atom is -0.355 e. The summed E-state index contributed by atoms with van der Waals surface area (Å²) in [5.41, 5.74) is 2.44. The summed E-state index contributed by atoms with van der Waals surface area (Å²) in [6.45, 7) is 1.09. The van der Waals surface area contributed by atoms with E-state index in [1.54, 1.807) is 24.3 Å². The Balaban J connectivity index is 1.26. The summed E-state index contributed by atoms with van der Waals surface area (Å²) in [7, 11) is 0. The Bertz CT molecular complexity index is 952. The average Bonchev–Trinajstić information content (AvgIpc) is 3.35. The maximum Gasteiger partial charge on any atom is 0.254 e. The van der Waals surface area contributed by atoms with Gasteiger partial charge in [-0.1, -0.05) is 49.6 Å². The topological polar surface area (TPSA) is 78.5 Å². The number of hydrogen-bond acceptors (Lipinski definition) is 3. The molecule has 1 aliphatic heterocycles. The van der Waals surface area contributed by atoms with Gasteiger partial charge in [0, 0.05) is 36.7 Å². The zero-order chi connectivity index (χ0) is 23.0. The number of anilines is 1. The van der Waals surface area contributed by atoms with Crippen LogP contribution in [0, 0.1) is 5.92 Å². The van der Waals surface area contributed by atoms with Gasteiger partial charge in [0.15, 0.2) is 0 Å². The van der Waals surface area contributed by atoms with Crippen LogP contribution in [-0.4, -0.2) is 35.7 Å². The smallest absolute Gasteiger partial charge is 0.254 e. The average molecular weight is 448 g/mol. The predicted molar refractivity (Wildman–Crippen MR) is 129 cm³/mol. The monoisotopic (exact) mass is 447 g/mol. The van der Waals surface area contributed by atoms with Crippen LogP contribution in [0.5, 0.6) is 0 Å². The second kappa shape index (κ2) is 11.1. The molecule has 0 spiro atoms. The second-order valence-electron chi connectivity index (χ2n) is 9.07. The Hall–Kier alpha value is -3.15. The number of nitrogens with one attached hydrogen (secondary N) is 2. The quantitative estimate of drug-likeness (QED) is 0.646. The summed E-state index contributed by atoms with van der Waals surface area (Å²) in [4.78, 5) is 39.5. The first-order valence-corrected chi connectivity index (χ1v) is 12.2. The zero-order valence-corrected chi connectivity index (χ0v) is 19.1. The third kappa shape index (κ3) is 6.01. The van der Waals surface area contributed by atoms with Crippen molar-refractivity contribution in [1.29, 1.82) is 0 Å². The van der Waals surface area contributed by atoms with Crippen LogP contribution in [0.1, 0.15) is 73.3 Å². The van der Waals surface area contributed by atoms with Gasteiger partial charge >= 0.3 is 0 Å². The first kappa shape index (κ1) is 23.0. The number of carbonyl (C=O) groups excluding carboxylic acids is 3. The Morgan fingerprint density at radius 3 is 2.30 bits per heavy atom. The summed E-state index contributed by atoms with van der Waals surface area (Å²) < 4.78 is 0. The van der Waals surface area contributed by atoms with Crippen LogP contribution in [0.25, 0.3) is 0 Å². The van der Waals surface area contributed by atoms with E-state index in [2.05, 4.69) is 22.8 Å². The van der Waals surface area contributed by atoms with Crippen molar-refractivity contribution in [1.82, 2.24) is 10.2 Å². The molecular formula is C27H33N3O3. The van der Waals surface area contributed by atoms with Crippen LogP contribution >= 0.6 is 0 Å². The SMILES string of the molecule is O=C(CCNC(=O)C1CCCCC1)Nc1ccc(C(=O)N2CCCC2c2ccccc2)cc1. The number of benzene rings is 2. The molecule has 174 valence electrons. The molecule has 2 aliphatic rings. The van der Waals surface area contributed by atoms with Crippen molar-refractivity contribution >= 4 is 23.4 Å². The molecule has 2 N–H and O–H groups in total. The fourth-order valence-electron chi connectivity index (χ4n) is 4.93. The maximum absolute atomic E-state index is 13.1. The standard InChI is InChI=1S/C27H33N3O3/c31-25(17-18-28-26(32)21-10-5-2-6-11-21)29-23-15-13-22(14-16-23)27(33)30-19-7-12-24(30)20-8-3-1-4-9-20/h1,3-4,8-9,13-16,21,24H,2,5-7,10-12,17-19H2,(H,28,32)(H,29,31). The summed E-state index contributed by atoms with van der Waals surface area (Å²) in [5, 5.41) is 5.74. The van der Waals surface area contributed by atoms with Crippen molar-refractivity contribution in [3.8, 4) is 0 Å².